The SMILES string of the molecule is NC[C@H](NS(=O)(=O)CCCF)C1CCCCC1. The second-order valence-electron chi connectivity index (χ2n) is 4.72. The highest BCUT2D eigenvalue weighted by Crippen LogP contribution is 2.26. The number of halogens is 1. The van der Waals surface area contributed by atoms with Gasteiger partial charge in [0.2, 0.25) is 10.0 Å². The van der Waals surface area contributed by atoms with E-state index < -0.39 is 16.7 Å². The van der Waals surface area contributed by atoms with Crippen LogP contribution >= 0.6 is 0 Å². The minimum Gasteiger partial charge on any atom is -0.329 e. The minimum absolute atomic E-state index is 0.0529. The van der Waals surface area contributed by atoms with Crippen LogP contribution in [0.3, 0.4) is 0 Å². The number of sulfonamides is 1. The van der Waals surface area contributed by atoms with Crippen molar-refractivity contribution in [3.05, 3.63) is 0 Å². The Kier molecular flexibility index (Phi) is 6.37. The van der Waals surface area contributed by atoms with Gasteiger partial charge >= 0.3 is 0 Å². The smallest absolute Gasteiger partial charge is 0.211 e. The van der Waals surface area contributed by atoms with Crippen molar-refractivity contribution >= 4 is 10.0 Å². The zero-order valence-corrected chi connectivity index (χ0v) is 11.0. The lowest BCUT2D eigenvalue weighted by Crippen LogP contribution is -2.46. The molecule has 0 saturated heterocycles. The summed E-state index contributed by atoms with van der Waals surface area (Å²) in [7, 11) is -3.37. The fraction of sp³-hybridized carbons (Fsp3) is 1.00. The summed E-state index contributed by atoms with van der Waals surface area (Å²) < 4.78 is 37.9. The van der Waals surface area contributed by atoms with Gasteiger partial charge in [0.15, 0.2) is 0 Å². The Bertz CT molecular complexity index is 303. The zero-order valence-electron chi connectivity index (χ0n) is 10.2. The Labute approximate surface area is 103 Å². The van der Waals surface area contributed by atoms with E-state index in [1.807, 2.05) is 0 Å². The molecule has 1 atom stereocenters. The number of hydrogen-bond acceptors (Lipinski definition) is 3. The fourth-order valence-electron chi connectivity index (χ4n) is 2.41. The molecule has 3 N–H and O–H groups in total. The van der Waals surface area contributed by atoms with Gasteiger partial charge in [0.25, 0.3) is 0 Å². The standard InChI is InChI=1S/C11H23FN2O2S/c12-7-4-8-17(15,16)14-11(9-13)10-5-2-1-3-6-10/h10-11,14H,1-9,13H2/t11-/m0/s1. The predicted molar refractivity (Wildman–Crippen MR) is 66.9 cm³/mol. The molecule has 0 radical (unpaired) electrons. The van der Waals surface area contributed by atoms with E-state index in [4.69, 9.17) is 5.73 Å². The summed E-state index contributed by atoms with van der Waals surface area (Å²) in [6.07, 6.45) is 5.64. The number of nitrogens with two attached hydrogens (primary N) is 1. The summed E-state index contributed by atoms with van der Waals surface area (Å²) in [6, 6.07) is -0.181. The van der Waals surface area contributed by atoms with Crippen LogP contribution in [0.2, 0.25) is 0 Å². The van der Waals surface area contributed by atoms with Crippen LogP contribution in [0.1, 0.15) is 38.5 Å². The third-order valence-electron chi connectivity index (χ3n) is 3.35. The maximum atomic E-state index is 12.0. The molecule has 1 fully saturated rings. The van der Waals surface area contributed by atoms with Crippen molar-refractivity contribution in [1.29, 1.82) is 0 Å². The quantitative estimate of drug-likeness (QED) is 0.726. The number of alkyl halides is 1. The number of nitrogens with one attached hydrogen (secondary N) is 1. The molecule has 0 aromatic heterocycles. The predicted octanol–water partition coefficient (Wildman–Crippen LogP) is 1.17. The van der Waals surface area contributed by atoms with Crippen molar-refractivity contribution in [2.45, 2.75) is 44.6 Å². The largest absolute Gasteiger partial charge is 0.329 e. The molecule has 1 saturated carbocycles. The van der Waals surface area contributed by atoms with Gasteiger partial charge in [-0.25, -0.2) is 13.1 Å². The first-order chi connectivity index (χ1) is 8.09. The van der Waals surface area contributed by atoms with Gasteiger partial charge in [-0.3, -0.25) is 4.39 Å². The first-order valence-electron chi connectivity index (χ1n) is 6.35. The second-order valence-corrected chi connectivity index (χ2v) is 6.59. The molecule has 0 aromatic carbocycles. The van der Waals surface area contributed by atoms with Crippen LogP contribution in [0.15, 0.2) is 0 Å². The molecule has 1 rings (SSSR count). The highest BCUT2D eigenvalue weighted by Gasteiger charge is 2.26. The lowest BCUT2D eigenvalue weighted by Gasteiger charge is -2.29. The van der Waals surface area contributed by atoms with Crippen LogP contribution in [0.5, 0.6) is 0 Å². The third kappa shape index (κ3) is 5.31. The van der Waals surface area contributed by atoms with Crippen LogP contribution in [-0.4, -0.2) is 33.4 Å². The maximum absolute atomic E-state index is 12.0. The fourth-order valence-corrected chi connectivity index (χ4v) is 3.76. The molecule has 4 nitrogen and oxygen atoms in total. The summed E-state index contributed by atoms with van der Waals surface area (Å²) in [5.41, 5.74) is 5.64. The lowest BCUT2D eigenvalue weighted by atomic mass is 9.84. The molecule has 0 heterocycles. The Balaban J connectivity index is 2.50. The Morgan fingerprint density at radius 2 is 1.94 bits per heavy atom. The average Bonchev–Trinajstić information content (AvgIpc) is 2.35. The van der Waals surface area contributed by atoms with Crippen LogP contribution in [0, 0.1) is 5.92 Å². The Hall–Kier alpha value is -0.200. The molecule has 1 aliphatic rings. The van der Waals surface area contributed by atoms with E-state index in [1.165, 1.54) is 6.42 Å². The first-order valence-corrected chi connectivity index (χ1v) is 8.00. The molecule has 17 heavy (non-hydrogen) atoms. The van der Waals surface area contributed by atoms with Crippen molar-refractivity contribution in [3.8, 4) is 0 Å². The van der Waals surface area contributed by atoms with Gasteiger partial charge in [-0.15, -0.1) is 0 Å². The zero-order chi connectivity index (χ0) is 12.7. The van der Waals surface area contributed by atoms with Gasteiger partial charge in [-0.1, -0.05) is 19.3 Å². The highest BCUT2D eigenvalue weighted by atomic mass is 32.2. The van der Waals surface area contributed by atoms with E-state index in [1.54, 1.807) is 0 Å². The van der Waals surface area contributed by atoms with Gasteiger partial charge in [-0.05, 0) is 25.2 Å². The molecule has 1 aliphatic carbocycles. The van der Waals surface area contributed by atoms with Crippen LogP contribution in [-0.2, 0) is 10.0 Å². The summed E-state index contributed by atoms with van der Waals surface area (Å²) in [5.74, 6) is 0.195. The minimum atomic E-state index is -3.37. The normalized spacial score (nSPS) is 20.4. The van der Waals surface area contributed by atoms with Crippen molar-refractivity contribution in [2.24, 2.45) is 11.7 Å². The average molecular weight is 266 g/mol. The molecule has 0 spiro atoms. The van der Waals surface area contributed by atoms with Crippen molar-refractivity contribution < 1.29 is 12.8 Å². The van der Waals surface area contributed by atoms with Gasteiger partial charge in [0.1, 0.15) is 0 Å². The van der Waals surface area contributed by atoms with Gasteiger partial charge in [0.05, 0.1) is 12.4 Å². The maximum Gasteiger partial charge on any atom is 0.211 e. The molecule has 0 bridgehead atoms. The van der Waals surface area contributed by atoms with Crippen molar-refractivity contribution in [2.75, 3.05) is 19.0 Å². The summed E-state index contributed by atoms with van der Waals surface area (Å²) in [4.78, 5) is 0. The van der Waals surface area contributed by atoms with E-state index in [9.17, 15) is 12.8 Å². The third-order valence-corrected chi connectivity index (χ3v) is 4.84. The van der Waals surface area contributed by atoms with E-state index >= 15 is 0 Å². The topological polar surface area (TPSA) is 72.2 Å². The molecular weight excluding hydrogens is 243 g/mol. The lowest BCUT2D eigenvalue weighted by molar-refractivity contribution is 0.294. The number of rotatable bonds is 7. The molecule has 0 unspecified atom stereocenters. The molecule has 6 heteroatoms. The van der Waals surface area contributed by atoms with Crippen LogP contribution < -0.4 is 10.5 Å². The molecule has 0 aromatic rings. The van der Waals surface area contributed by atoms with E-state index in [2.05, 4.69) is 4.72 Å². The van der Waals surface area contributed by atoms with E-state index in [0.717, 1.165) is 25.7 Å². The molecule has 102 valence electrons. The van der Waals surface area contributed by atoms with Gasteiger partial charge < -0.3 is 5.73 Å². The van der Waals surface area contributed by atoms with E-state index in [0.29, 0.717) is 12.5 Å². The summed E-state index contributed by atoms with van der Waals surface area (Å²) in [5, 5.41) is 0. The Morgan fingerprint density at radius 1 is 1.29 bits per heavy atom. The van der Waals surface area contributed by atoms with Crippen molar-refractivity contribution in [1.82, 2.24) is 4.72 Å². The summed E-state index contributed by atoms with van der Waals surface area (Å²) in [6.45, 7) is -0.281. The molecule has 0 amide bonds. The van der Waals surface area contributed by atoms with Gasteiger partial charge in [-0.2, -0.15) is 0 Å². The van der Waals surface area contributed by atoms with Crippen LogP contribution in [0.4, 0.5) is 4.39 Å². The monoisotopic (exact) mass is 266 g/mol. The molecule has 0 aliphatic heterocycles. The Morgan fingerprint density at radius 3 is 2.47 bits per heavy atom. The first kappa shape index (κ1) is 14.9. The highest BCUT2D eigenvalue weighted by molar-refractivity contribution is 7.89. The van der Waals surface area contributed by atoms with Crippen LogP contribution in [0.25, 0.3) is 0 Å². The molecular formula is C11H23FN2O2S. The summed E-state index contributed by atoms with van der Waals surface area (Å²) >= 11 is 0. The van der Waals surface area contributed by atoms with Gasteiger partial charge in [0, 0.05) is 12.6 Å². The van der Waals surface area contributed by atoms with Crippen molar-refractivity contribution in [3.63, 3.8) is 0 Å². The number of hydrogen-bond donors (Lipinski definition) is 2. The second kappa shape index (κ2) is 7.28. The van der Waals surface area contributed by atoms with E-state index in [-0.39, 0.29) is 18.2 Å².